The van der Waals surface area contributed by atoms with Gasteiger partial charge in [0.25, 0.3) is 0 Å². The minimum atomic E-state index is -0.186. The SMILES string of the molecule is CC(=O)NCC(=O)N(CCc1ccccc1)[C@@H]1CCOC1. The molecular weight excluding hydrogens is 268 g/mol. The molecular formula is C16H22N2O3. The Labute approximate surface area is 125 Å². The zero-order valence-electron chi connectivity index (χ0n) is 12.4. The largest absolute Gasteiger partial charge is 0.379 e. The van der Waals surface area contributed by atoms with Crippen LogP contribution in [-0.2, 0) is 20.7 Å². The number of carbonyl (C=O) groups is 2. The third-order valence-electron chi connectivity index (χ3n) is 3.64. The number of carbonyl (C=O) groups excluding carboxylic acids is 2. The highest BCUT2D eigenvalue weighted by molar-refractivity contribution is 5.83. The summed E-state index contributed by atoms with van der Waals surface area (Å²) in [6, 6.07) is 10.2. The minimum absolute atomic E-state index is 0.0448. The van der Waals surface area contributed by atoms with Gasteiger partial charge in [-0.1, -0.05) is 30.3 Å². The van der Waals surface area contributed by atoms with Crippen molar-refractivity contribution in [2.45, 2.75) is 25.8 Å². The van der Waals surface area contributed by atoms with Crippen LogP contribution in [0.25, 0.3) is 0 Å². The second kappa shape index (κ2) is 7.78. The molecule has 1 aromatic rings. The van der Waals surface area contributed by atoms with Crippen molar-refractivity contribution in [3.05, 3.63) is 35.9 Å². The molecule has 2 amide bonds. The standard InChI is InChI=1S/C16H22N2O3/c1-13(19)17-11-16(20)18(15-8-10-21-12-15)9-7-14-5-3-2-4-6-14/h2-6,15H,7-12H2,1H3,(H,17,19)/t15-/m1/s1. The van der Waals surface area contributed by atoms with Crippen molar-refractivity contribution in [3.8, 4) is 0 Å². The smallest absolute Gasteiger partial charge is 0.242 e. The molecule has 0 unspecified atom stereocenters. The van der Waals surface area contributed by atoms with Crippen LogP contribution >= 0.6 is 0 Å². The van der Waals surface area contributed by atoms with E-state index in [-0.39, 0.29) is 24.4 Å². The molecule has 1 atom stereocenters. The van der Waals surface area contributed by atoms with Crippen LogP contribution in [0.3, 0.4) is 0 Å². The molecule has 2 rings (SSSR count). The number of ether oxygens (including phenoxy) is 1. The van der Waals surface area contributed by atoms with Crippen LogP contribution in [0.5, 0.6) is 0 Å². The molecule has 5 nitrogen and oxygen atoms in total. The van der Waals surface area contributed by atoms with E-state index in [4.69, 9.17) is 4.74 Å². The van der Waals surface area contributed by atoms with Crippen molar-refractivity contribution in [2.24, 2.45) is 0 Å². The van der Waals surface area contributed by atoms with Gasteiger partial charge in [0, 0.05) is 20.1 Å². The van der Waals surface area contributed by atoms with Gasteiger partial charge < -0.3 is 15.0 Å². The molecule has 0 radical (unpaired) electrons. The molecule has 1 N–H and O–H groups in total. The van der Waals surface area contributed by atoms with Gasteiger partial charge in [-0.25, -0.2) is 0 Å². The lowest BCUT2D eigenvalue weighted by Gasteiger charge is -2.28. The van der Waals surface area contributed by atoms with E-state index in [1.165, 1.54) is 12.5 Å². The van der Waals surface area contributed by atoms with E-state index in [0.717, 1.165) is 12.8 Å². The Kier molecular flexibility index (Phi) is 5.75. The zero-order chi connectivity index (χ0) is 15.1. The molecule has 21 heavy (non-hydrogen) atoms. The predicted molar refractivity (Wildman–Crippen MR) is 79.8 cm³/mol. The molecule has 1 aliphatic rings. The van der Waals surface area contributed by atoms with Crippen molar-refractivity contribution in [3.63, 3.8) is 0 Å². The van der Waals surface area contributed by atoms with Gasteiger partial charge in [0.15, 0.2) is 0 Å². The van der Waals surface area contributed by atoms with Crippen LogP contribution in [0.1, 0.15) is 18.9 Å². The second-order valence-electron chi connectivity index (χ2n) is 5.25. The van der Waals surface area contributed by atoms with Crippen molar-refractivity contribution in [1.82, 2.24) is 10.2 Å². The lowest BCUT2D eigenvalue weighted by Crippen LogP contribution is -2.46. The van der Waals surface area contributed by atoms with E-state index in [2.05, 4.69) is 17.4 Å². The fraction of sp³-hybridized carbons (Fsp3) is 0.500. The van der Waals surface area contributed by atoms with E-state index < -0.39 is 0 Å². The van der Waals surface area contributed by atoms with E-state index in [1.54, 1.807) is 0 Å². The van der Waals surface area contributed by atoms with Crippen LogP contribution in [0, 0.1) is 0 Å². The maximum atomic E-state index is 12.3. The summed E-state index contributed by atoms with van der Waals surface area (Å²) in [5.74, 6) is -0.231. The highest BCUT2D eigenvalue weighted by Gasteiger charge is 2.26. The normalized spacial score (nSPS) is 17.5. The van der Waals surface area contributed by atoms with Crippen molar-refractivity contribution >= 4 is 11.8 Å². The Morgan fingerprint density at radius 2 is 2.10 bits per heavy atom. The Morgan fingerprint density at radius 1 is 1.33 bits per heavy atom. The van der Waals surface area contributed by atoms with Crippen molar-refractivity contribution in [2.75, 3.05) is 26.3 Å². The van der Waals surface area contributed by atoms with Crippen molar-refractivity contribution in [1.29, 1.82) is 0 Å². The lowest BCUT2D eigenvalue weighted by atomic mass is 10.1. The maximum absolute atomic E-state index is 12.3. The van der Waals surface area contributed by atoms with Gasteiger partial charge in [0.1, 0.15) is 0 Å². The zero-order valence-corrected chi connectivity index (χ0v) is 12.4. The van der Waals surface area contributed by atoms with Crippen LogP contribution in [0.15, 0.2) is 30.3 Å². The number of rotatable bonds is 6. The molecule has 1 fully saturated rings. The predicted octanol–water partition coefficient (Wildman–Crippen LogP) is 0.983. The average Bonchev–Trinajstić information content (AvgIpc) is 3.00. The molecule has 5 heteroatoms. The molecule has 0 bridgehead atoms. The molecule has 1 heterocycles. The molecule has 1 saturated heterocycles. The third-order valence-corrected chi connectivity index (χ3v) is 3.64. The summed E-state index contributed by atoms with van der Waals surface area (Å²) in [7, 11) is 0. The number of hydrogen-bond acceptors (Lipinski definition) is 3. The van der Waals surface area contributed by atoms with Gasteiger partial charge in [-0.3, -0.25) is 9.59 Å². The molecule has 0 aliphatic carbocycles. The Balaban J connectivity index is 1.94. The topological polar surface area (TPSA) is 58.6 Å². The van der Waals surface area contributed by atoms with E-state index >= 15 is 0 Å². The summed E-state index contributed by atoms with van der Waals surface area (Å²) in [6.07, 6.45) is 1.67. The van der Waals surface area contributed by atoms with Crippen LogP contribution < -0.4 is 5.32 Å². The summed E-state index contributed by atoms with van der Waals surface area (Å²) < 4.78 is 5.38. The molecule has 0 aromatic heterocycles. The number of nitrogens with one attached hydrogen (secondary N) is 1. The van der Waals surface area contributed by atoms with Crippen molar-refractivity contribution < 1.29 is 14.3 Å². The summed E-state index contributed by atoms with van der Waals surface area (Å²) in [6.45, 7) is 3.40. The number of nitrogens with zero attached hydrogens (tertiary/aromatic N) is 1. The van der Waals surface area contributed by atoms with E-state index in [0.29, 0.717) is 19.8 Å². The highest BCUT2D eigenvalue weighted by Crippen LogP contribution is 2.14. The molecule has 114 valence electrons. The first-order valence-electron chi connectivity index (χ1n) is 7.32. The van der Waals surface area contributed by atoms with Gasteiger partial charge in [0.2, 0.25) is 11.8 Å². The summed E-state index contributed by atoms with van der Waals surface area (Å²) in [5.41, 5.74) is 1.20. The van der Waals surface area contributed by atoms with E-state index in [1.807, 2.05) is 23.1 Å². The average molecular weight is 290 g/mol. The van der Waals surface area contributed by atoms with E-state index in [9.17, 15) is 9.59 Å². The Bertz CT molecular complexity index is 470. The third kappa shape index (κ3) is 4.86. The van der Waals surface area contributed by atoms with Crippen LogP contribution in [-0.4, -0.2) is 49.1 Å². The summed E-state index contributed by atoms with van der Waals surface area (Å²) in [4.78, 5) is 25.1. The van der Waals surface area contributed by atoms with Crippen LogP contribution in [0.2, 0.25) is 0 Å². The van der Waals surface area contributed by atoms with Crippen LogP contribution in [0.4, 0.5) is 0 Å². The first-order valence-corrected chi connectivity index (χ1v) is 7.32. The molecule has 0 saturated carbocycles. The first-order chi connectivity index (χ1) is 10.2. The number of benzene rings is 1. The quantitative estimate of drug-likeness (QED) is 0.850. The van der Waals surface area contributed by atoms with Gasteiger partial charge in [0.05, 0.1) is 19.2 Å². The number of hydrogen-bond donors (Lipinski definition) is 1. The fourth-order valence-corrected chi connectivity index (χ4v) is 2.47. The van der Waals surface area contributed by atoms with Gasteiger partial charge >= 0.3 is 0 Å². The van der Waals surface area contributed by atoms with Gasteiger partial charge in [-0.05, 0) is 18.4 Å². The Morgan fingerprint density at radius 3 is 2.71 bits per heavy atom. The highest BCUT2D eigenvalue weighted by atomic mass is 16.5. The summed E-state index contributed by atoms with van der Waals surface area (Å²) >= 11 is 0. The monoisotopic (exact) mass is 290 g/mol. The Hall–Kier alpha value is -1.88. The molecule has 0 spiro atoms. The maximum Gasteiger partial charge on any atom is 0.242 e. The molecule has 1 aliphatic heterocycles. The van der Waals surface area contributed by atoms with Gasteiger partial charge in [-0.15, -0.1) is 0 Å². The minimum Gasteiger partial charge on any atom is -0.379 e. The number of amides is 2. The van der Waals surface area contributed by atoms with Gasteiger partial charge in [-0.2, -0.15) is 0 Å². The second-order valence-corrected chi connectivity index (χ2v) is 5.25. The fourth-order valence-electron chi connectivity index (χ4n) is 2.47. The summed E-state index contributed by atoms with van der Waals surface area (Å²) in [5, 5.41) is 2.58. The lowest BCUT2D eigenvalue weighted by molar-refractivity contribution is -0.134. The molecule has 1 aromatic carbocycles. The first kappa shape index (κ1) is 15.5.